The van der Waals surface area contributed by atoms with Crippen molar-refractivity contribution in [1.82, 2.24) is 15.1 Å². The number of piperazine rings is 1. The molecule has 22 heavy (non-hydrogen) atoms. The maximum Gasteiger partial charge on any atom is 0.254 e. The lowest BCUT2D eigenvalue weighted by Crippen LogP contribution is -2.51. The topological polar surface area (TPSA) is 52.7 Å². The van der Waals surface area contributed by atoms with Crippen LogP contribution in [0.15, 0.2) is 28.7 Å². The van der Waals surface area contributed by atoms with Gasteiger partial charge in [-0.2, -0.15) is 0 Å². The molecule has 0 aromatic heterocycles. The maximum absolute atomic E-state index is 12.7. The van der Waals surface area contributed by atoms with Gasteiger partial charge in [-0.1, -0.05) is 22.0 Å². The molecule has 1 aromatic rings. The quantitative estimate of drug-likeness (QED) is 0.881. The second-order valence-electron chi connectivity index (χ2n) is 5.67. The number of hydrogen-bond donors (Lipinski definition) is 1. The number of rotatable bonds is 4. The van der Waals surface area contributed by atoms with Crippen molar-refractivity contribution >= 4 is 27.7 Å². The van der Waals surface area contributed by atoms with E-state index in [1.54, 1.807) is 17.0 Å². The second-order valence-corrected chi connectivity index (χ2v) is 6.58. The number of amides is 2. The average molecular weight is 368 g/mol. The van der Waals surface area contributed by atoms with Crippen molar-refractivity contribution in [2.45, 2.75) is 19.9 Å². The minimum Gasteiger partial charge on any atom is -0.339 e. The first kappa shape index (κ1) is 17.0. The Morgan fingerprint density at radius 2 is 2.00 bits per heavy atom. The summed E-state index contributed by atoms with van der Waals surface area (Å²) in [5.41, 5.74) is 0.594. The number of benzene rings is 1. The molecule has 1 fully saturated rings. The lowest BCUT2D eigenvalue weighted by atomic mass is 10.1. The molecule has 0 radical (unpaired) electrons. The van der Waals surface area contributed by atoms with Crippen LogP contribution < -0.4 is 5.32 Å². The van der Waals surface area contributed by atoms with Crippen molar-refractivity contribution < 1.29 is 9.59 Å². The molecule has 0 bridgehead atoms. The van der Waals surface area contributed by atoms with Crippen LogP contribution in [0.5, 0.6) is 0 Å². The fraction of sp³-hybridized carbons (Fsp3) is 0.500. The molecule has 1 aliphatic heterocycles. The first-order chi connectivity index (χ1) is 10.5. The molecule has 6 heteroatoms. The fourth-order valence-electron chi connectivity index (χ4n) is 2.44. The highest BCUT2D eigenvalue weighted by molar-refractivity contribution is 9.10. The standard InChI is InChI=1S/C16H22BrN3O2/c1-12(2)20(11-15(21)19-8-6-18-7-9-19)16(22)13-4-3-5-14(17)10-13/h3-5,10,12,18H,6-9,11H2,1-2H3. The number of nitrogens with one attached hydrogen (secondary N) is 1. The van der Waals surface area contributed by atoms with Gasteiger partial charge in [0.1, 0.15) is 6.54 Å². The Labute approximate surface area is 139 Å². The fourth-order valence-corrected chi connectivity index (χ4v) is 2.84. The Hall–Kier alpha value is -1.40. The summed E-state index contributed by atoms with van der Waals surface area (Å²) in [6.45, 7) is 7.02. The molecule has 2 amide bonds. The lowest BCUT2D eigenvalue weighted by Gasteiger charge is -2.32. The van der Waals surface area contributed by atoms with E-state index in [2.05, 4.69) is 21.2 Å². The number of nitrogens with zero attached hydrogens (tertiary/aromatic N) is 2. The molecular weight excluding hydrogens is 346 g/mol. The van der Waals surface area contributed by atoms with Crippen molar-refractivity contribution in [3.8, 4) is 0 Å². The molecule has 2 rings (SSSR count). The Morgan fingerprint density at radius 1 is 1.32 bits per heavy atom. The van der Waals surface area contributed by atoms with E-state index < -0.39 is 0 Å². The summed E-state index contributed by atoms with van der Waals surface area (Å²) in [7, 11) is 0. The van der Waals surface area contributed by atoms with E-state index in [1.165, 1.54) is 0 Å². The number of carbonyl (C=O) groups is 2. The van der Waals surface area contributed by atoms with Gasteiger partial charge >= 0.3 is 0 Å². The zero-order valence-corrected chi connectivity index (χ0v) is 14.6. The van der Waals surface area contributed by atoms with E-state index in [0.29, 0.717) is 18.7 Å². The van der Waals surface area contributed by atoms with Gasteiger partial charge in [0.15, 0.2) is 0 Å². The van der Waals surface area contributed by atoms with Crippen LogP contribution >= 0.6 is 15.9 Å². The van der Waals surface area contributed by atoms with Gasteiger partial charge in [-0.15, -0.1) is 0 Å². The van der Waals surface area contributed by atoms with Gasteiger partial charge in [0, 0.05) is 42.3 Å². The normalized spacial score (nSPS) is 15.0. The Balaban J connectivity index is 2.09. The number of halogens is 1. The van der Waals surface area contributed by atoms with E-state index in [4.69, 9.17) is 0 Å². The summed E-state index contributed by atoms with van der Waals surface area (Å²) in [4.78, 5) is 28.5. The van der Waals surface area contributed by atoms with Crippen molar-refractivity contribution in [2.24, 2.45) is 0 Å². The zero-order chi connectivity index (χ0) is 16.1. The largest absolute Gasteiger partial charge is 0.339 e. The highest BCUT2D eigenvalue weighted by atomic mass is 79.9. The van der Waals surface area contributed by atoms with Crippen molar-refractivity contribution in [2.75, 3.05) is 32.7 Å². The number of carbonyl (C=O) groups excluding carboxylic acids is 2. The molecule has 0 unspecified atom stereocenters. The molecule has 5 nitrogen and oxygen atoms in total. The van der Waals surface area contributed by atoms with Gasteiger partial charge in [0.05, 0.1) is 0 Å². The zero-order valence-electron chi connectivity index (χ0n) is 13.0. The monoisotopic (exact) mass is 367 g/mol. The van der Waals surface area contributed by atoms with Gasteiger partial charge in [0.2, 0.25) is 5.91 Å². The van der Waals surface area contributed by atoms with E-state index >= 15 is 0 Å². The predicted molar refractivity (Wildman–Crippen MR) is 89.8 cm³/mol. The maximum atomic E-state index is 12.7. The second kappa shape index (κ2) is 7.74. The highest BCUT2D eigenvalue weighted by Gasteiger charge is 2.25. The molecule has 0 atom stereocenters. The predicted octanol–water partition coefficient (Wildman–Crippen LogP) is 1.73. The molecule has 0 aliphatic carbocycles. The van der Waals surface area contributed by atoms with Crippen LogP contribution in [0.25, 0.3) is 0 Å². The highest BCUT2D eigenvalue weighted by Crippen LogP contribution is 2.15. The van der Waals surface area contributed by atoms with Gasteiger partial charge < -0.3 is 15.1 Å². The molecule has 0 spiro atoms. The van der Waals surface area contributed by atoms with E-state index in [1.807, 2.05) is 30.9 Å². The van der Waals surface area contributed by atoms with Crippen molar-refractivity contribution in [3.05, 3.63) is 34.3 Å². The van der Waals surface area contributed by atoms with Gasteiger partial charge in [0.25, 0.3) is 5.91 Å². The number of hydrogen-bond acceptors (Lipinski definition) is 3. The summed E-state index contributed by atoms with van der Waals surface area (Å²) < 4.78 is 0.857. The van der Waals surface area contributed by atoms with Crippen LogP contribution in [-0.4, -0.2) is 60.4 Å². The Morgan fingerprint density at radius 3 is 2.59 bits per heavy atom. The third-order valence-electron chi connectivity index (χ3n) is 3.73. The lowest BCUT2D eigenvalue weighted by molar-refractivity contribution is -0.132. The van der Waals surface area contributed by atoms with E-state index in [0.717, 1.165) is 17.6 Å². The Bertz CT molecular complexity index is 542. The molecule has 1 heterocycles. The van der Waals surface area contributed by atoms with Crippen molar-refractivity contribution in [3.63, 3.8) is 0 Å². The average Bonchev–Trinajstić information content (AvgIpc) is 2.52. The molecule has 0 saturated carbocycles. The minimum absolute atomic E-state index is 0.0125. The van der Waals surface area contributed by atoms with E-state index in [9.17, 15) is 9.59 Å². The van der Waals surface area contributed by atoms with Crippen LogP contribution in [0.2, 0.25) is 0 Å². The molecule has 120 valence electrons. The summed E-state index contributed by atoms with van der Waals surface area (Å²) in [6.07, 6.45) is 0. The summed E-state index contributed by atoms with van der Waals surface area (Å²) in [6, 6.07) is 7.24. The first-order valence-corrected chi connectivity index (χ1v) is 8.33. The molecule has 1 saturated heterocycles. The summed E-state index contributed by atoms with van der Waals surface area (Å²) in [5, 5.41) is 3.22. The summed E-state index contributed by atoms with van der Waals surface area (Å²) >= 11 is 3.38. The molecular formula is C16H22BrN3O2. The Kier molecular flexibility index (Phi) is 5.97. The van der Waals surface area contributed by atoms with Crippen molar-refractivity contribution in [1.29, 1.82) is 0 Å². The SMILES string of the molecule is CC(C)N(CC(=O)N1CCNCC1)C(=O)c1cccc(Br)c1. The minimum atomic E-state index is -0.111. The van der Waals surface area contributed by atoms with Crippen LogP contribution in [0.1, 0.15) is 24.2 Å². The first-order valence-electron chi connectivity index (χ1n) is 7.54. The third kappa shape index (κ3) is 4.30. The van der Waals surface area contributed by atoms with Gasteiger partial charge in [-0.05, 0) is 32.0 Å². The van der Waals surface area contributed by atoms with Crippen LogP contribution in [0.3, 0.4) is 0 Å². The third-order valence-corrected chi connectivity index (χ3v) is 4.22. The smallest absolute Gasteiger partial charge is 0.254 e. The van der Waals surface area contributed by atoms with Gasteiger partial charge in [-0.25, -0.2) is 0 Å². The molecule has 1 N–H and O–H groups in total. The van der Waals surface area contributed by atoms with Crippen LogP contribution in [0.4, 0.5) is 0 Å². The molecule has 1 aliphatic rings. The summed E-state index contributed by atoms with van der Waals surface area (Å²) in [5.74, 6) is -0.0988. The van der Waals surface area contributed by atoms with E-state index in [-0.39, 0.29) is 24.4 Å². The van der Waals surface area contributed by atoms with Crippen LogP contribution in [-0.2, 0) is 4.79 Å². The molecule has 1 aromatic carbocycles. The van der Waals surface area contributed by atoms with Gasteiger partial charge in [-0.3, -0.25) is 9.59 Å². The van der Waals surface area contributed by atoms with Crippen LogP contribution in [0, 0.1) is 0 Å².